The summed E-state index contributed by atoms with van der Waals surface area (Å²) < 4.78 is 7.16. The number of hydrogen-bond acceptors (Lipinski definition) is 5. The van der Waals surface area contributed by atoms with Crippen molar-refractivity contribution in [2.75, 3.05) is 18.5 Å². The van der Waals surface area contributed by atoms with Crippen LogP contribution in [0.4, 0.5) is 5.69 Å². The fourth-order valence-corrected chi connectivity index (χ4v) is 2.33. The minimum atomic E-state index is -0.0333. The minimum absolute atomic E-state index is 0.0333. The van der Waals surface area contributed by atoms with Gasteiger partial charge in [0, 0.05) is 12.3 Å². The number of rotatable bonds is 6. The lowest BCUT2D eigenvalue weighted by molar-refractivity contribution is 0.196. The SMILES string of the molecule is OCCOc1ccc(NCc2c(Cl)nc3ccccn23)cn1. The van der Waals surface area contributed by atoms with Crippen LogP contribution in [-0.2, 0) is 6.54 Å². The van der Waals surface area contributed by atoms with Crippen LogP contribution in [0.5, 0.6) is 5.88 Å². The summed E-state index contributed by atoms with van der Waals surface area (Å²) in [7, 11) is 0. The van der Waals surface area contributed by atoms with Gasteiger partial charge in [-0.1, -0.05) is 17.7 Å². The number of anilines is 1. The van der Waals surface area contributed by atoms with Crippen molar-refractivity contribution in [2.45, 2.75) is 6.54 Å². The Bertz CT molecular complexity index is 758. The van der Waals surface area contributed by atoms with E-state index >= 15 is 0 Å². The molecule has 0 saturated heterocycles. The molecule has 0 bridgehead atoms. The maximum absolute atomic E-state index is 8.70. The van der Waals surface area contributed by atoms with E-state index in [0.717, 1.165) is 17.0 Å². The summed E-state index contributed by atoms with van der Waals surface area (Å²) in [6.07, 6.45) is 3.60. The number of nitrogens with one attached hydrogen (secondary N) is 1. The minimum Gasteiger partial charge on any atom is -0.475 e. The van der Waals surface area contributed by atoms with Crippen LogP contribution in [0.3, 0.4) is 0 Å². The number of ether oxygens (including phenoxy) is 1. The lowest BCUT2D eigenvalue weighted by Gasteiger charge is -2.08. The topological polar surface area (TPSA) is 71.7 Å². The molecule has 3 heterocycles. The van der Waals surface area contributed by atoms with Gasteiger partial charge < -0.3 is 19.6 Å². The van der Waals surface area contributed by atoms with Crippen molar-refractivity contribution in [3.05, 3.63) is 53.6 Å². The molecule has 3 aromatic rings. The van der Waals surface area contributed by atoms with Crippen LogP contribution in [0, 0.1) is 0 Å². The monoisotopic (exact) mass is 318 g/mol. The molecule has 0 fully saturated rings. The van der Waals surface area contributed by atoms with Crippen molar-refractivity contribution in [1.82, 2.24) is 14.4 Å². The summed E-state index contributed by atoms with van der Waals surface area (Å²) >= 11 is 6.19. The van der Waals surface area contributed by atoms with Crippen molar-refractivity contribution in [3.63, 3.8) is 0 Å². The van der Waals surface area contributed by atoms with Crippen LogP contribution < -0.4 is 10.1 Å². The van der Waals surface area contributed by atoms with E-state index in [1.54, 1.807) is 12.3 Å². The first-order valence-electron chi connectivity index (χ1n) is 6.83. The Morgan fingerprint density at radius 2 is 2.18 bits per heavy atom. The van der Waals surface area contributed by atoms with Gasteiger partial charge in [0.25, 0.3) is 0 Å². The predicted molar refractivity (Wildman–Crippen MR) is 84.3 cm³/mol. The Morgan fingerprint density at radius 1 is 1.27 bits per heavy atom. The Hall–Kier alpha value is -2.31. The number of halogens is 1. The van der Waals surface area contributed by atoms with E-state index in [1.165, 1.54) is 0 Å². The second-order valence-corrected chi connectivity index (χ2v) is 4.95. The van der Waals surface area contributed by atoms with Crippen molar-refractivity contribution >= 4 is 22.9 Å². The third kappa shape index (κ3) is 3.13. The molecule has 22 heavy (non-hydrogen) atoms. The standard InChI is InChI=1S/C15H15ClN4O2/c16-15-12(20-6-2-1-3-13(20)19-15)10-17-11-4-5-14(18-9-11)22-8-7-21/h1-6,9,17,21H,7-8,10H2. The molecule has 0 spiro atoms. The van der Waals surface area contributed by atoms with Gasteiger partial charge in [0.1, 0.15) is 12.3 Å². The molecular weight excluding hydrogens is 304 g/mol. The number of pyridine rings is 2. The second-order valence-electron chi connectivity index (χ2n) is 4.59. The number of hydrogen-bond donors (Lipinski definition) is 2. The number of fused-ring (bicyclic) bond motifs is 1. The summed E-state index contributed by atoms with van der Waals surface area (Å²) in [4.78, 5) is 8.45. The average Bonchev–Trinajstić information content (AvgIpc) is 2.87. The lowest BCUT2D eigenvalue weighted by Crippen LogP contribution is -2.05. The summed E-state index contributed by atoms with van der Waals surface area (Å²) in [6.45, 7) is 0.730. The molecule has 0 saturated carbocycles. The van der Waals surface area contributed by atoms with Gasteiger partial charge in [0.05, 0.1) is 30.7 Å². The quantitative estimate of drug-likeness (QED) is 0.730. The fourth-order valence-electron chi connectivity index (χ4n) is 2.08. The normalized spacial score (nSPS) is 10.8. The zero-order valence-corrected chi connectivity index (χ0v) is 12.5. The van der Waals surface area contributed by atoms with Gasteiger partial charge in [-0.2, -0.15) is 0 Å². The molecule has 0 atom stereocenters. The van der Waals surface area contributed by atoms with Crippen molar-refractivity contribution in [1.29, 1.82) is 0 Å². The first kappa shape index (κ1) is 14.6. The summed E-state index contributed by atoms with van der Waals surface area (Å²) in [5.74, 6) is 0.479. The Kier molecular flexibility index (Phi) is 4.41. The van der Waals surface area contributed by atoms with Gasteiger partial charge in [0.15, 0.2) is 5.15 Å². The van der Waals surface area contributed by atoms with Crippen LogP contribution in [0.15, 0.2) is 42.7 Å². The first-order valence-corrected chi connectivity index (χ1v) is 7.21. The largest absolute Gasteiger partial charge is 0.475 e. The van der Waals surface area contributed by atoms with Gasteiger partial charge >= 0.3 is 0 Å². The Morgan fingerprint density at radius 3 is 2.95 bits per heavy atom. The molecule has 0 amide bonds. The highest BCUT2D eigenvalue weighted by atomic mass is 35.5. The number of imidazole rings is 1. The van der Waals surface area contributed by atoms with E-state index in [2.05, 4.69) is 15.3 Å². The van der Waals surface area contributed by atoms with E-state index in [0.29, 0.717) is 17.6 Å². The molecule has 7 heteroatoms. The molecule has 0 aromatic carbocycles. The van der Waals surface area contributed by atoms with Crippen molar-refractivity contribution < 1.29 is 9.84 Å². The molecule has 0 unspecified atom stereocenters. The summed E-state index contributed by atoms with van der Waals surface area (Å²) in [5.41, 5.74) is 2.55. The Balaban J connectivity index is 1.70. The average molecular weight is 319 g/mol. The maximum Gasteiger partial charge on any atom is 0.213 e. The van der Waals surface area contributed by atoms with E-state index < -0.39 is 0 Å². The van der Waals surface area contributed by atoms with Crippen LogP contribution in [0.2, 0.25) is 5.15 Å². The van der Waals surface area contributed by atoms with Gasteiger partial charge in [0.2, 0.25) is 5.88 Å². The zero-order valence-electron chi connectivity index (χ0n) is 11.7. The van der Waals surface area contributed by atoms with Crippen LogP contribution >= 0.6 is 11.6 Å². The van der Waals surface area contributed by atoms with Gasteiger partial charge in [-0.15, -0.1) is 0 Å². The molecule has 3 aromatic heterocycles. The highest BCUT2D eigenvalue weighted by Gasteiger charge is 2.09. The first-order chi connectivity index (χ1) is 10.8. The molecule has 6 nitrogen and oxygen atoms in total. The summed E-state index contributed by atoms with van der Waals surface area (Å²) in [6, 6.07) is 9.36. The summed E-state index contributed by atoms with van der Waals surface area (Å²) in [5, 5.41) is 12.4. The maximum atomic E-state index is 8.70. The Labute approximate surface area is 132 Å². The fraction of sp³-hybridized carbons (Fsp3) is 0.200. The van der Waals surface area contributed by atoms with Crippen molar-refractivity contribution in [3.8, 4) is 5.88 Å². The van der Waals surface area contributed by atoms with Gasteiger partial charge in [-0.05, 0) is 18.2 Å². The van der Waals surface area contributed by atoms with Gasteiger partial charge in [-0.3, -0.25) is 0 Å². The third-order valence-electron chi connectivity index (χ3n) is 3.12. The van der Waals surface area contributed by atoms with E-state index in [-0.39, 0.29) is 13.2 Å². The number of nitrogens with zero attached hydrogens (tertiary/aromatic N) is 3. The third-order valence-corrected chi connectivity index (χ3v) is 3.42. The number of aliphatic hydroxyl groups excluding tert-OH is 1. The van der Waals surface area contributed by atoms with E-state index in [9.17, 15) is 0 Å². The molecular formula is C15H15ClN4O2. The van der Waals surface area contributed by atoms with Crippen LogP contribution in [0.25, 0.3) is 5.65 Å². The van der Waals surface area contributed by atoms with E-state index in [4.69, 9.17) is 21.4 Å². The predicted octanol–water partition coefficient (Wildman–Crippen LogP) is 2.37. The molecule has 0 aliphatic heterocycles. The number of aromatic nitrogens is 3. The molecule has 114 valence electrons. The number of aliphatic hydroxyl groups is 1. The smallest absolute Gasteiger partial charge is 0.213 e. The molecule has 3 rings (SSSR count). The van der Waals surface area contributed by atoms with Crippen LogP contribution in [-0.4, -0.2) is 32.7 Å². The van der Waals surface area contributed by atoms with Crippen LogP contribution in [0.1, 0.15) is 5.69 Å². The van der Waals surface area contributed by atoms with E-state index in [1.807, 2.05) is 34.9 Å². The highest BCUT2D eigenvalue weighted by Crippen LogP contribution is 2.19. The van der Waals surface area contributed by atoms with Crippen molar-refractivity contribution in [2.24, 2.45) is 0 Å². The zero-order chi connectivity index (χ0) is 15.4. The molecule has 0 aliphatic rings. The van der Waals surface area contributed by atoms with Gasteiger partial charge in [-0.25, -0.2) is 9.97 Å². The molecule has 0 aliphatic carbocycles. The molecule has 2 N–H and O–H groups in total. The molecule has 0 radical (unpaired) electrons. The lowest BCUT2D eigenvalue weighted by atomic mass is 10.3. The second kappa shape index (κ2) is 6.64. The highest BCUT2D eigenvalue weighted by molar-refractivity contribution is 6.30.